The summed E-state index contributed by atoms with van der Waals surface area (Å²) in [6, 6.07) is 3.94. The minimum absolute atomic E-state index is 0.0276. The van der Waals surface area contributed by atoms with E-state index in [0.717, 1.165) is 17.0 Å². The molecule has 2 N–H and O–H groups in total. The Morgan fingerprint density at radius 3 is 2.53 bits per heavy atom. The maximum Gasteiger partial charge on any atom is 0.414 e. The van der Waals surface area contributed by atoms with Crippen molar-refractivity contribution in [2.24, 2.45) is 0 Å². The summed E-state index contributed by atoms with van der Waals surface area (Å²) >= 11 is 0. The molecule has 38 heavy (non-hydrogen) atoms. The van der Waals surface area contributed by atoms with Gasteiger partial charge in [0.2, 0.25) is 11.7 Å². The molecule has 0 spiro atoms. The Morgan fingerprint density at radius 2 is 1.95 bits per heavy atom. The number of halogens is 2. The largest absolute Gasteiger partial charge is 0.441 e. The number of benzene rings is 1. The molecule has 5 rings (SSSR count). The number of carbonyl (C=O) groups is 3. The lowest BCUT2D eigenvalue weighted by Crippen LogP contribution is -2.51. The predicted molar refractivity (Wildman–Crippen MR) is 132 cm³/mol. The summed E-state index contributed by atoms with van der Waals surface area (Å²) in [4.78, 5) is 46.1. The van der Waals surface area contributed by atoms with Gasteiger partial charge < -0.3 is 25.0 Å². The monoisotopic (exact) mass is 531 g/mol. The molecule has 202 valence electrons. The Balaban J connectivity index is 0.000000253. The number of ether oxygens (including phenoxy) is 1. The molecule has 4 heterocycles. The molecule has 2 amide bonds. The van der Waals surface area contributed by atoms with Crippen molar-refractivity contribution in [2.45, 2.75) is 6.10 Å². The van der Waals surface area contributed by atoms with Crippen LogP contribution in [0.15, 0.2) is 36.8 Å². The van der Waals surface area contributed by atoms with Crippen molar-refractivity contribution in [1.29, 1.82) is 0 Å². The first kappa shape index (κ1) is 26.9. The molecule has 1 atom stereocenters. The van der Waals surface area contributed by atoms with Crippen LogP contribution in [-0.4, -0.2) is 102 Å². The summed E-state index contributed by atoms with van der Waals surface area (Å²) < 4.78 is 35.9. The first-order valence-corrected chi connectivity index (χ1v) is 11.8. The zero-order chi connectivity index (χ0) is 27.2. The number of fused-ring (bicyclic) bond motifs is 1. The number of likely N-dealkylation sites (N-methyl/N-ethyl adjacent to an activating group) is 1. The van der Waals surface area contributed by atoms with Gasteiger partial charge >= 0.3 is 6.09 Å². The van der Waals surface area contributed by atoms with Crippen molar-refractivity contribution >= 4 is 35.4 Å². The third-order valence-electron chi connectivity index (χ3n) is 6.04. The second kappa shape index (κ2) is 11.9. The van der Waals surface area contributed by atoms with Crippen LogP contribution in [0.5, 0.6) is 0 Å². The van der Waals surface area contributed by atoms with Gasteiger partial charge in [0, 0.05) is 56.9 Å². The Bertz CT molecular complexity index is 1260. The first-order valence-electron chi connectivity index (χ1n) is 11.8. The van der Waals surface area contributed by atoms with Crippen LogP contribution in [0.25, 0.3) is 5.78 Å². The van der Waals surface area contributed by atoms with Gasteiger partial charge in [0.05, 0.1) is 25.4 Å². The van der Waals surface area contributed by atoms with E-state index in [1.807, 2.05) is 0 Å². The van der Waals surface area contributed by atoms with Gasteiger partial charge in [-0.15, -0.1) is 0 Å². The van der Waals surface area contributed by atoms with Crippen molar-refractivity contribution in [1.82, 2.24) is 24.6 Å². The fourth-order valence-corrected chi connectivity index (χ4v) is 4.19. The Labute approximate surface area is 216 Å². The topological polar surface area (TPSA) is 133 Å². The number of rotatable bonds is 6. The van der Waals surface area contributed by atoms with E-state index in [1.54, 1.807) is 45.9 Å². The summed E-state index contributed by atoms with van der Waals surface area (Å²) in [6.07, 6.45) is 4.30. The minimum atomic E-state index is -0.791. The number of anilines is 2. The van der Waals surface area contributed by atoms with Gasteiger partial charge in [-0.2, -0.15) is 0 Å². The van der Waals surface area contributed by atoms with Crippen LogP contribution in [0.2, 0.25) is 0 Å². The second-order valence-corrected chi connectivity index (χ2v) is 8.57. The van der Waals surface area contributed by atoms with Crippen molar-refractivity contribution in [2.75, 3.05) is 62.7 Å². The van der Waals surface area contributed by atoms with Gasteiger partial charge in [0.15, 0.2) is 17.9 Å². The number of aromatic nitrogens is 3. The first-order chi connectivity index (χ1) is 18.3. The van der Waals surface area contributed by atoms with Gasteiger partial charge in [-0.25, -0.2) is 23.5 Å². The van der Waals surface area contributed by atoms with E-state index in [4.69, 9.17) is 9.84 Å². The molecule has 3 aromatic rings. The highest BCUT2D eigenvalue weighted by atomic mass is 19.1. The summed E-state index contributed by atoms with van der Waals surface area (Å²) in [5.74, 6) is -1.09. The van der Waals surface area contributed by atoms with E-state index in [1.165, 1.54) is 0 Å². The van der Waals surface area contributed by atoms with Crippen LogP contribution < -0.4 is 15.1 Å². The highest BCUT2D eigenvalue weighted by Crippen LogP contribution is 2.31. The number of nitrogens with zero attached hydrogens (tertiary/aromatic N) is 6. The fourth-order valence-electron chi connectivity index (χ4n) is 4.19. The lowest BCUT2D eigenvalue weighted by Gasteiger charge is -2.36. The predicted octanol–water partition coefficient (Wildman–Crippen LogP) is 0.692. The van der Waals surface area contributed by atoms with Crippen molar-refractivity contribution < 1.29 is 33.0 Å². The van der Waals surface area contributed by atoms with Crippen LogP contribution in [-0.2, 0) is 9.53 Å². The molecule has 12 nitrogen and oxygen atoms in total. The van der Waals surface area contributed by atoms with E-state index in [0.29, 0.717) is 43.9 Å². The molecule has 0 aliphatic carbocycles. The SMILES string of the molecule is CNCC(=O)N1CCN(c2c(F)cc(N3CC(CO)OC3=O)cc2F)CC1.O=Cc1cn2cccnc2n1. The molecule has 0 radical (unpaired) electrons. The normalized spacial score (nSPS) is 17.3. The Kier molecular flexibility index (Phi) is 8.43. The highest BCUT2D eigenvalue weighted by Gasteiger charge is 2.33. The van der Waals surface area contributed by atoms with E-state index >= 15 is 0 Å². The van der Waals surface area contributed by atoms with Gasteiger partial charge in [0.25, 0.3) is 0 Å². The summed E-state index contributed by atoms with van der Waals surface area (Å²) in [6.45, 7) is 1.25. The van der Waals surface area contributed by atoms with Crippen LogP contribution in [0.3, 0.4) is 0 Å². The van der Waals surface area contributed by atoms with Crippen molar-refractivity contribution in [3.8, 4) is 0 Å². The smallest absolute Gasteiger partial charge is 0.414 e. The minimum Gasteiger partial charge on any atom is -0.441 e. The number of cyclic esters (lactones) is 1. The molecule has 1 unspecified atom stereocenters. The van der Waals surface area contributed by atoms with Crippen molar-refractivity contribution in [3.63, 3.8) is 0 Å². The van der Waals surface area contributed by atoms with Crippen LogP contribution in [0.1, 0.15) is 10.5 Å². The standard InChI is InChI=1S/C17H22F2N4O4.C7H5N3O/c1-20-8-15(25)21-2-4-22(5-3-21)16-13(18)6-11(7-14(16)19)23-9-12(10-24)27-17(23)26;11-5-6-4-10-3-1-2-8-7(10)9-6/h6-7,12,20,24H,2-5,8-10H2,1H3;1-5H. The number of hydrogen-bond acceptors (Lipinski definition) is 9. The molecular formula is C24H27F2N7O5. The third kappa shape index (κ3) is 5.86. The number of piperazine rings is 1. The maximum atomic E-state index is 14.6. The van der Waals surface area contributed by atoms with E-state index in [2.05, 4.69) is 15.3 Å². The highest BCUT2D eigenvalue weighted by molar-refractivity contribution is 5.90. The van der Waals surface area contributed by atoms with E-state index in [-0.39, 0.29) is 37.0 Å². The number of imidazole rings is 1. The average molecular weight is 532 g/mol. The molecule has 14 heteroatoms. The second-order valence-electron chi connectivity index (χ2n) is 8.57. The lowest BCUT2D eigenvalue weighted by molar-refractivity contribution is -0.130. The van der Waals surface area contributed by atoms with E-state index < -0.39 is 23.8 Å². The quantitative estimate of drug-likeness (QED) is 0.441. The Morgan fingerprint density at radius 1 is 1.24 bits per heavy atom. The number of aliphatic hydroxyl groups excluding tert-OH is 1. The number of carbonyl (C=O) groups excluding carboxylic acids is 3. The number of aliphatic hydroxyl groups is 1. The zero-order valence-electron chi connectivity index (χ0n) is 20.6. The van der Waals surface area contributed by atoms with Gasteiger partial charge in [0.1, 0.15) is 17.5 Å². The van der Waals surface area contributed by atoms with Crippen molar-refractivity contribution in [3.05, 3.63) is 54.1 Å². The van der Waals surface area contributed by atoms with Crippen LogP contribution in [0, 0.1) is 11.6 Å². The number of aldehydes is 1. The maximum absolute atomic E-state index is 14.6. The molecule has 0 saturated carbocycles. The molecule has 2 aliphatic rings. The average Bonchev–Trinajstić information content (AvgIpc) is 3.52. The molecule has 2 saturated heterocycles. The molecule has 2 aromatic heterocycles. The van der Waals surface area contributed by atoms with Crippen LogP contribution in [0.4, 0.5) is 25.0 Å². The Hall–Kier alpha value is -4.17. The van der Waals surface area contributed by atoms with Gasteiger partial charge in [-0.1, -0.05) is 0 Å². The lowest BCUT2D eigenvalue weighted by atomic mass is 10.2. The molecule has 1 aromatic carbocycles. The number of hydrogen-bond donors (Lipinski definition) is 2. The van der Waals surface area contributed by atoms with E-state index in [9.17, 15) is 23.2 Å². The van der Waals surface area contributed by atoms with Crippen LogP contribution >= 0.6 is 0 Å². The van der Waals surface area contributed by atoms with Gasteiger partial charge in [-0.05, 0) is 13.1 Å². The summed E-state index contributed by atoms with van der Waals surface area (Å²) in [7, 11) is 1.68. The zero-order valence-corrected chi connectivity index (χ0v) is 20.6. The molecule has 2 aliphatic heterocycles. The number of nitrogens with one attached hydrogen (secondary N) is 1. The van der Waals surface area contributed by atoms with Gasteiger partial charge in [-0.3, -0.25) is 18.9 Å². The molecular weight excluding hydrogens is 504 g/mol. The number of amides is 2. The molecule has 2 fully saturated rings. The fraction of sp³-hybridized carbons (Fsp3) is 0.375. The summed E-state index contributed by atoms with van der Waals surface area (Å²) in [5.41, 5.74) is 0.270. The third-order valence-corrected chi connectivity index (χ3v) is 6.04. The molecule has 0 bridgehead atoms. The summed E-state index contributed by atoms with van der Waals surface area (Å²) in [5, 5.41) is 11.9.